The normalized spacial score (nSPS) is 15.4. The molecular formula is C20H23BrN4O2. The molecule has 0 aliphatic carbocycles. The van der Waals surface area contributed by atoms with E-state index in [4.69, 9.17) is 4.42 Å². The Hall–Kier alpha value is -2.15. The molecule has 2 aromatic heterocycles. The third kappa shape index (κ3) is 3.40. The summed E-state index contributed by atoms with van der Waals surface area (Å²) in [6, 6.07) is 5.57. The fourth-order valence-corrected chi connectivity index (χ4v) is 4.11. The molecule has 3 aromatic rings. The van der Waals surface area contributed by atoms with Crippen LogP contribution in [-0.2, 0) is 13.0 Å². The zero-order chi connectivity index (χ0) is 19.0. The molecule has 1 atom stereocenters. The molecule has 7 heteroatoms. The SMILES string of the molecule is CC[C@H](NC(=O)c1oc2ccc(Br)cc2c1C)c1nnc2n1CCCCC2. The maximum atomic E-state index is 12.9. The number of carbonyl (C=O) groups excluding carboxylic acids is 1. The van der Waals surface area contributed by atoms with Crippen molar-refractivity contribution in [2.45, 2.75) is 58.5 Å². The van der Waals surface area contributed by atoms with Crippen molar-refractivity contribution in [1.82, 2.24) is 20.1 Å². The number of aryl methyl sites for hydroxylation is 2. The first kappa shape index (κ1) is 18.2. The number of amides is 1. The maximum Gasteiger partial charge on any atom is 0.287 e. The van der Waals surface area contributed by atoms with E-state index in [1.54, 1.807) is 0 Å². The highest BCUT2D eigenvalue weighted by Gasteiger charge is 2.25. The fraction of sp³-hybridized carbons (Fsp3) is 0.450. The van der Waals surface area contributed by atoms with Crippen molar-refractivity contribution >= 4 is 32.8 Å². The minimum absolute atomic E-state index is 0.184. The van der Waals surface area contributed by atoms with Crippen LogP contribution in [0.5, 0.6) is 0 Å². The molecule has 0 saturated carbocycles. The number of furan rings is 1. The van der Waals surface area contributed by atoms with Gasteiger partial charge in [0.05, 0.1) is 6.04 Å². The summed E-state index contributed by atoms with van der Waals surface area (Å²) in [5, 5.41) is 12.8. The van der Waals surface area contributed by atoms with E-state index in [2.05, 4.69) is 36.0 Å². The molecule has 0 fully saturated rings. The van der Waals surface area contributed by atoms with Gasteiger partial charge in [-0.15, -0.1) is 10.2 Å². The standard InChI is InChI=1S/C20H23BrN4O2/c1-3-15(19-24-23-17-7-5-4-6-10-25(17)19)22-20(26)18-12(2)14-11-13(21)8-9-16(14)27-18/h8-9,11,15H,3-7,10H2,1-2H3,(H,22,26)/t15-/m0/s1. The number of fused-ring (bicyclic) bond motifs is 2. The molecule has 0 radical (unpaired) electrons. The number of nitrogens with zero attached hydrogens (tertiary/aromatic N) is 3. The van der Waals surface area contributed by atoms with E-state index < -0.39 is 0 Å². The van der Waals surface area contributed by atoms with Crippen molar-refractivity contribution in [3.8, 4) is 0 Å². The van der Waals surface area contributed by atoms with Gasteiger partial charge in [-0.25, -0.2) is 0 Å². The summed E-state index contributed by atoms with van der Waals surface area (Å²) in [5.74, 6) is 2.02. The summed E-state index contributed by atoms with van der Waals surface area (Å²) in [5.41, 5.74) is 1.56. The Balaban J connectivity index is 1.62. The van der Waals surface area contributed by atoms with Crippen LogP contribution in [0, 0.1) is 6.92 Å². The number of carbonyl (C=O) groups is 1. The summed E-state index contributed by atoms with van der Waals surface area (Å²) < 4.78 is 8.98. The van der Waals surface area contributed by atoms with Crippen molar-refractivity contribution in [3.05, 3.63) is 45.6 Å². The van der Waals surface area contributed by atoms with Gasteiger partial charge in [-0.1, -0.05) is 29.3 Å². The molecule has 1 amide bonds. The number of halogens is 1. The first-order valence-electron chi connectivity index (χ1n) is 9.50. The second kappa shape index (κ2) is 7.46. The van der Waals surface area contributed by atoms with Crippen LogP contribution in [0.1, 0.15) is 66.4 Å². The van der Waals surface area contributed by atoms with E-state index >= 15 is 0 Å². The van der Waals surface area contributed by atoms with Gasteiger partial charge in [0.25, 0.3) is 5.91 Å². The topological polar surface area (TPSA) is 73.0 Å². The van der Waals surface area contributed by atoms with Gasteiger partial charge in [0.15, 0.2) is 11.6 Å². The second-order valence-corrected chi connectivity index (χ2v) is 7.98. The largest absolute Gasteiger partial charge is 0.451 e. The minimum atomic E-state index is -0.211. The number of hydrogen-bond donors (Lipinski definition) is 1. The fourth-order valence-electron chi connectivity index (χ4n) is 3.75. The van der Waals surface area contributed by atoms with Crippen LogP contribution in [0.3, 0.4) is 0 Å². The lowest BCUT2D eigenvalue weighted by Gasteiger charge is -2.17. The first-order valence-corrected chi connectivity index (χ1v) is 10.3. The molecular weight excluding hydrogens is 408 g/mol. The molecule has 1 aliphatic heterocycles. The Labute approximate surface area is 166 Å². The van der Waals surface area contributed by atoms with Crippen molar-refractivity contribution in [2.24, 2.45) is 0 Å². The molecule has 4 rings (SSSR count). The molecule has 1 aliphatic rings. The van der Waals surface area contributed by atoms with Crippen LogP contribution in [0.15, 0.2) is 27.1 Å². The summed E-state index contributed by atoms with van der Waals surface area (Å²) in [4.78, 5) is 12.9. The van der Waals surface area contributed by atoms with Crippen molar-refractivity contribution < 1.29 is 9.21 Å². The number of benzene rings is 1. The van der Waals surface area contributed by atoms with Gasteiger partial charge < -0.3 is 14.3 Å². The number of rotatable bonds is 4. The number of aromatic nitrogens is 3. The van der Waals surface area contributed by atoms with Gasteiger partial charge in [0.1, 0.15) is 11.4 Å². The van der Waals surface area contributed by atoms with Gasteiger partial charge >= 0.3 is 0 Å². The lowest BCUT2D eigenvalue weighted by molar-refractivity contribution is 0.0906. The third-order valence-corrected chi connectivity index (χ3v) is 5.76. The van der Waals surface area contributed by atoms with Crippen molar-refractivity contribution in [3.63, 3.8) is 0 Å². The van der Waals surface area contributed by atoms with Crippen LogP contribution >= 0.6 is 15.9 Å². The average molecular weight is 431 g/mol. The molecule has 1 aromatic carbocycles. The predicted octanol–water partition coefficient (Wildman–Crippen LogP) is 4.70. The molecule has 6 nitrogen and oxygen atoms in total. The molecule has 0 unspecified atom stereocenters. The summed E-state index contributed by atoms with van der Waals surface area (Å²) in [6.07, 6.45) is 5.18. The van der Waals surface area contributed by atoms with E-state index in [9.17, 15) is 4.79 Å². The Morgan fingerprint density at radius 2 is 2.19 bits per heavy atom. The van der Waals surface area contributed by atoms with Gasteiger partial charge in [-0.2, -0.15) is 0 Å². The van der Waals surface area contributed by atoms with Crippen molar-refractivity contribution in [1.29, 1.82) is 0 Å². The molecule has 3 heterocycles. The number of hydrogen-bond acceptors (Lipinski definition) is 4. The maximum absolute atomic E-state index is 12.9. The minimum Gasteiger partial charge on any atom is -0.451 e. The van der Waals surface area contributed by atoms with Crippen LogP contribution in [0.2, 0.25) is 0 Å². The van der Waals surface area contributed by atoms with Gasteiger partial charge in [-0.05, 0) is 44.4 Å². The van der Waals surface area contributed by atoms with Gasteiger partial charge in [0, 0.05) is 28.4 Å². The average Bonchev–Trinajstić information content (AvgIpc) is 3.11. The Bertz CT molecular complexity index is 991. The van der Waals surface area contributed by atoms with E-state index in [-0.39, 0.29) is 11.9 Å². The smallest absolute Gasteiger partial charge is 0.287 e. The Morgan fingerprint density at radius 1 is 1.33 bits per heavy atom. The highest BCUT2D eigenvalue weighted by atomic mass is 79.9. The number of nitrogens with one attached hydrogen (secondary N) is 1. The highest BCUT2D eigenvalue weighted by Crippen LogP contribution is 2.29. The van der Waals surface area contributed by atoms with Crippen LogP contribution < -0.4 is 5.32 Å². The lowest BCUT2D eigenvalue weighted by Crippen LogP contribution is -2.30. The van der Waals surface area contributed by atoms with E-state index in [1.807, 2.05) is 32.0 Å². The van der Waals surface area contributed by atoms with Crippen LogP contribution in [0.25, 0.3) is 11.0 Å². The predicted molar refractivity (Wildman–Crippen MR) is 107 cm³/mol. The Kier molecular flexibility index (Phi) is 5.04. The Morgan fingerprint density at radius 3 is 3.00 bits per heavy atom. The van der Waals surface area contributed by atoms with Crippen LogP contribution in [-0.4, -0.2) is 20.7 Å². The molecule has 0 saturated heterocycles. The van der Waals surface area contributed by atoms with Gasteiger partial charge in [0.2, 0.25) is 0 Å². The monoisotopic (exact) mass is 430 g/mol. The third-order valence-electron chi connectivity index (χ3n) is 5.27. The summed E-state index contributed by atoms with van der Waals surface area (Å²) in [7, 11) is 0. The zero-order valence-corrected chi connectivity index (χ0v) is 17.2. The summed E-state index contributed by atoms with van der Waals surface area (Å²) in [6.45, 7) is 4.88. The summed E-state index contributed by atoms with van der Waals surface area (Å²) >= 11 is 3.47. The molecule has 1 N–H and O–H groups in total. The quantitative estimate of drug-likeness (QED) is 0.650. The molecule has 0 spiro atoms. The molecule has 142 valence electrons. The van der Waals surface area contributed by atoms with Gasteiger partial charge in [-0.3, -0.25) is 4.79 Å². The zero-order valence-electron chi connectivity index (χ0n) is 15.6. The molecule has 27 heavy (non-hydrogen) atoms. The lowest BCUT2D eigenvalue weighted by atomic mass is 10.1. The molecule has 0 bridgehead atoms. The highest BCUT2D eigenvalue weighted by molar-refractivity contribution is 9.10. The van der Waals surface area contributed by atoms with E-state index in [0.29, 0.717) is 11.3 Å². The second-order valence-electron chi connectivity index (χ2n) is 7.07. The van der Waals surface area contributed by atoms with E-state index in [0.717, 1.165) is 59.3 Å². The van der Waals surface area contributed by atoms with Crippen LogP contribution in [0.4, 0.5) is 0 Å². The van der Waals surface area contributed by atoms with Crippen molar-refractivity contribution in [2.75, 3.05) is 0 Å². The first-order chi connectivity index (χ1) is 13.1. The van der Waals surface area contributed by atoms with E-state index in [1.165, 1.54) is 6.42 Å².